The standard InChI is InChI=1S/C9H11Cl2NO/c1-9(2,5-13)8-6(10)3-12-4-7(8)11/h3-4,13H,5H2,1-2H3. The number of nitrogens with zero attached hydrogens (tertiary/aromatic N) is 1. The first-order valence-electron chi connectivity index (χ1n) is 3.89. The Morgan fingerprint density at radius 1 is 1.31 bits per heavy atom. The molecule has 0 aliphatic heterocycles. The van der Waals surface area contributed by atoms with Crippen molar-refractivity contribution in [1.29, 1.82) is 0 Å². The molecule has 4 heteroatoms. The van der Waals surface area contributed by atoms with Crippen LogP contribution in [-0.4, -0.2) is 16.7 Å². The fourth-order valence-corrected chi connectivity index (χ4v) is 2.01. The number of hydrogen-bond donors (Lipinski definition) is 1. The van der Waals surface area contributed by atoms with Crippen LogP contribution in [0, 0.1) is 0 Å². The molecule has 1 rings (SSSR count). The second-order valence-corrected chi connectivity index (χ2v) is 4.33. The van der Waals surface area contributed by atoms with Crippen LogP contribution in [-0.2, 0) is 5.41 Å². The minimum Gasteiger partial charge on any atom is -0.395 e. The van der Waals surface area contributed by atoms with Gasteiger partial charge in [-0.1, -0.05) is 37.0 Å². The molecule has 0 spiro atoms. The summed E-state index contributed by atoms with van der Waals surface area (Å²) in [4.78, 5) is 3.85. The predicted molar refractivity (Wildman–Crippen MR) is 54.4 cm³/mol. The quantitative estimate of drug-likeness (QED) is 0.830. The van der Waals surface area contributed by atoms with Gasteiger partial charge in [0.05, 0.1) is 16.7 Å². The molecule has 0 amide bonds. The maximum absolute atomic E-state index is 9.16. The third-order valence-electron chi connectivity index (χ3n) is 1.93. The van der Waals surface area contributed by atoms with Crippen molar-refractivity contribution in [3.05, 3.63) is 28.0 Å². The molecule has 0 radical (unpaired) electrons. The molecule has 0 bridgehead atoms. The van der Waals surface area contributed by atoms with Crippen molar-refractivity contribution in [2.75, 3.05) is 6.61 Å². The zero-order valence-corrected chi connectivity index (χ0v) is 9.02. The Labute approximate surface area is 87.5 Å². The van der Waals surface area contributed by atoms with E-state index in [-0.39, 0.29) is 6.61 Å². The van der Waals surface area contributed by atoms with Crippen molar-refractivity contribution >= 4 is 23.2 Å². The highest BCUT2D eigenvalue weighted by Crippen LogP contribution is 2.34. The summed E-state index contributed by atoms with van der Waals surface area (Å²) in [6, 6.07) is 0. The molecule has 1 heterocycles. The van der Waals surface area contributed by atoms with Gasteiger partial charge in [0, 0.05) is 23.4 Å². The van der Waals surface area contributed by atoms with Crippen LogP contribution in [0.2, 0.25) is 10.0 Å². The molecule has 0 saturated carbocycles. The van der Waals surface area contributed by atoms with Crippen LogP contribution in [0.3, 0.4) is 0 Å². The maximum Gasteiger partial charge on any atom is 0.0642 e. The van der Waals surface area contributed by atoms with Gasteiger partial charge in [0.1, 0.15) is 0 Å². The van der Waals surface area contributed by atoms with E-state index in [2.05, 4.69) is 4.98 Å². The fourth-order valence-electron chi connectivity index (χ4n) is 1.14. The molecular weight excluding hydrogens is 209 g/mol. The molecule has 0 aromatic carbocycles. The number of rotatable bonds is 2. The summed E-state index contributed by atoms with van der Waals surface area (Å²) >= 11 is 11.9. The van der Waals surface area contributed by atoms with E-state index < -0.39 is 5.41 Å². The van der Waals surface area contributed by atoms with Gasteiger partial charge in [-0.3, -0.25) is 4.98 Å². The van der Waals surface area contributed by atoms with Crippen LogP contribution in [0.4, 0.5) is 0 Å². The average Bonchev–Trinajstić information content (AvgIpc) is 2.03. The predicted octanol–water partition coefficient (Wildman–Crippen LogP) is 2.66. The maximum atomic E-state index is 9.16. The second kappa shape index (κ2) is 3.82. The highest BCUT2D eigenvalue weighted by atomic mass is 35.5. The fraction of sp³-hybridized carbons (Fsp3) is 0.444. The Morgan fingerprint density at radius 2 is 1.77 bits per heavy atom. The van der Waals surface area contributed by atoms with Gasteiger partial charge in [-0.25, -0.2) is 0 Å². The molecule has 2 nitrogen and oxygen atoms in total. The van der Waals surface area contributed by atoms with Gasteiger partial charge >= 0.3 is 0 Å². The number of aliphatic hydroxyl groups excluding tert-OH is 1. The second-order valence-electron chi connectivity index (χ2n) is 3.52. The summed E-state index contributed by atoms with van der Waals surface area (Å²) in [6.45, 7) is 3.75. The van der Waals surface area contributed by atoms with Gasteiger partial charge in [-0.15, -0.1) is 0 Å². The van der Waals surface area contributed by atoms with E-state index in [9.17, 15) is 0 Å². The Bertz CT molecular complexity index is 292. The van der Waals surface area contributed by atoms with Gasteiger partial charge in [-0.05, 0) is 0 Å². The minimum atomic E-state index is -0.433. The first kappa shape index (κ1) is 10.8. The van der Waals surface area contributed by atoms with E-state index in [1.54, 1.807) is 0 Å². The summed E-state index contributed by atoms with van der Waals surface area (Å²) in [5, 5.41) is 10.1. The van der Waals surface area contributed by atoms with E-state index >= 15 is 0 Å². The van der Waals surface area contributed by atoms with Crippen molar-refractivity contribution in [2.45, 2.75) is 19.3 Å². The van der Waals surface area contributed by atoms with Crippen LogP contribution in [0.25, 0.3) is 0 Å². The SMILES string of the molecule is CC(C)(CO)c1c(Cl)cncc1Cl. The molecule has 0 aliphatic rings. The molecule has 1 aromatic rings. The zero-order valence-electron chi connectivity index (χ0n) is 7.51. The molecule has 1 aromatic heterocycles. The largest absolute Gasteiger partial charge is 0.395 e. The highest BCUT2D eigenvalue weighted by Gasteiger charge is 2.25. The smallest absolute Gasteiger partial charge is 0.0642 e. The Kier molecular flexibility index (Phi) is 3.17. The first-order chi connectivity index (χ1) is 5.99. The van der Waals surface area contributed by atoms with Crippen LogP contribution in [0.1, 0.15) is 19.4 Å². The molecule has 0 unspecified atom stereocenters. The van der Waals surface area contributed by atoms with E-state index in [4.69, 9.17) is 28.3 Å². The topological polar surface area (TPSA) is 33.1 Å². The van der Waals surface area contributed by atoms with Gasteiger partial charge in [-0.2, -0.15) is 0 Å². The van der Waals surface area contributed by atoms with Crippen LogP contribution in [0.5, 0.6) is 0 Å². The van der Waals surface area contributed by atoms with Crippen molar-refractivity contribution in [3.8, 4) is 0 Å². The molecule has 0 fully saturated rings. The summed E-state index contributed by atoms with van der Waals surface area (Å²) in [5.74, 6) is 0. The van der Waals surface area contributed by atoms with Crippen molar-refractivity contribution < 1.29 is 5.11 Å². The lowest BCUT2D eigenvalue weighted by Gasteiger charge is -2.24. The van der Waals surface area contributed by atoms with E-state index in [0.717, 1.165) is 5.56 Å². The van der Waals surface area contributed by atoms with E-state index in [1.165, 1.54) is 12.4 Å². The van der Waals surface area contributed by atoms with Crippen molar-refractivity contribution in [3.63, 3.8) is 0 Å². The molecular formula is C9H11Cl2NO. The monoisotopic (exact) mass is 219 g/mol. The number of aromatic nitrogens is 1. The minimum absolute atomic E-state index is 0.00352. The number of hydrogen-bond acceptors (Lipinski definition) is 2. The summed E-state index contributed by atoms with van der Waals surface area (Å²) in [7, 11) is 0. The Balaban J connectivity index is 3.28. The molecule has 1 N–H and O–H groups in total. The van der Waals surface area contributed by atoms with Gasteiger partial charge in [0.2, 0.25) is 0 Å². The van der Waals surface area contributed by atoms with Crippen molar-refractivity contribution in [2.24, 2.45) is 0 Å². The van der Waals surface area contributed by atoms with E-state index in [0.29, 0.717) is 10.0 Å². The molecule has 0 saturated heterocycles. The Hall–Kier alpha value is -0.310. The third-order valence-corrected chi connectivity index (χ3v) is 2.50. The van der Waals surface area contributed by atoms with Crippen molar-refractivity contribution in [1.82, 2.24) is 4.98 Å². The lowest BCUT2D eigenvalue weighted by atomic mass is 9.86. The summed E-state index contributed by atoms with van der Waals surface area (Å²) in [5.41, 5.74) is 0.310. The van der Waals surface area contributed by atoms with E-state index in [1.807, 2.05) is 13.8 Å². The summed E-state index contributed by atoms with van der Waals surface area (Å²) in [6.07, 6.45) is 3.06. The van der Waals surface area contributed by atoms with Gasteiger partial charge in [0.25, 0.3) is 0 Å². The zero-order chi connectivity index (χ0) is 10.1. The Morgan fingerprint density at radius 3 is 2.15 bits per heavy atom. The molecule has 0 atom stereocenters. The molecule has 72 valence electrons. The van der Waals surface area contributed by atoms with Crippen LogP contribution >= 0.6 is 23.2 Å². The average molecular weight is 220 g/mol. The normalized spacial score (nSPS) is 11.8. The third kappa shape index (κ3) is 2.13. The highest BCUT2D eigenvalue weighted by molar-refractivity contribution is 6.35. The first-order valence-corrected chi connectivity index (χ1v) is 4.65. The lowest BCUT2D eigenvalue weighted by Crippen LogP contribution is -2.23. The van der Waals surface area contributed by atoms with Gasteiger partial charge < -0.3 is 5.11 Å². The lowest BCUT2D eigenvalue weighted by molar-refractivity contribution is 0.218. The molecule has 0 aliphatic carbocycles. The number of halogens is 2. The van der Waals surface area contributed by atoms with Gasteiger partial charge in [0.15, 0.2) is 0 Å². The van der Waals surface area contributed by atoms with Crippen LogP contribution in [0.15, 0.2) is 12.4 Å². The van der Waals surface area contributed by atoms with Crippen LogP contribution < -0.4 is 0 Å². The summed E-state index contributed by atoms with van der Waals surface area (Å²) < 4.78 is 0. The number of pyridine rings is 1. The molecule has 13 heavy (non-hydrogen) atoms. The number of aliphatic hydroxyl groups is 1.